The molecule has 0 saturated carbocycles. The molecule has 1 N–H and O–H groups in total. The smallest absolute Gasteiger partial charge is 0.245 e. The van der Waals surface area contributed by atoms with E-state index in [1.54, 1.807) is 24.5 Å². The molecular formula is C14H16Cl2N4O2S. The highest BCUT2D eigenvalue weighted by Gasteiger charge is 2.37. The van der Waals surface area contributed by atoms with E-state index in [4.69, 9.17) is 23.2 Å². The molecule has 1 aliphatic heterocycles. The molecule has 6 nitrogen and oxygen atoms in total. The number of piperazine rings is 1. The first-order valence-corrected chi connectivity index (χ1v) is 9.26. The lowest BCUT2D eigenvalue weighted by Crippen LogP contribution is -2.49. The predicted molar refractivity (Wildman–Crippen MR) is 89.2 cm³/mol. The maximum absolute atomic E-state index is 13.1. The number of nitrogens with one attached hydrogen (secondary N) is 1. The van der Waals surface area contributed by atoms with E-state index in [0.29, 0.717) is 25.5 Å². The molecule has 1 unspecified atom stereocenters. The van der Waals surface area contributed by atoms with Crippen LogP contribution in [0.5, 0.6) is 0 Å². The van der Waals surface area contributed by atoms with Crippen LogP contribution in [-0.2, 0) is 17.1 Å². The summed E-state index contributed by atoms with van der Waals surface area (Å²) in [6.45, 7) is 1.39. The molecule has 1 fully saturated rings. The molecule has 2 heterocycles. The van der Waals surface area contributed by atoms with Gasteiger partial charge >= 0.3 is 0 Å². The van der Waals surface area contributed by atoms with Gasteiger partial charge < -0.3 is 9.88 Å². The van der Waals surface area contributed by atoms with Crippen molar-refractivity contribution in [3.63, 3.8) is 0 Å². The molecule has 1 aliphatic rings. The molecule has 9 heteroatoms. The number of rotatable bonds is 3. The van der Waals surface area contributed by atoms with Gasteiger partial charge in [0.2, 0.25) is 10.0 Å². The highest BCUT2D eigenvalue weighted by Crippen LogP contribution is 2.34. The van der Waals surface area contributed by atoms with Crippen LogP contribution in [0, 0.1) is 0 Å². The van der Waals surface area contributed by atoms with E-state index in [1.807, 2.05) is 11.6 Å². The van der Waals surface area contributed by atoms with E-state index in [1.165, 1.54) is 10.4 Å². The molecule has 0 amide bonds. The van der Waals surface area contributed by atoms with Crippen LogP contribution < -0.4 is 5.32 Å². The Morgan fingerprint density at radius 3 is 2.83 bits per heavy atom. The van der Waals surface area contributed by atoms with Gasteiger partial charge in [-0.15, -0.1) is 0 Å². The lowest BCUT2D eigenvalue weighted by Gasteiger charge is -2.34. The van der Waals surface area contributed by atoms with E-state index < -0.39 is 16.1 Å². The van der Waals surface area contributed by atoms with Crippen LogP contribution in [-0.4, -0.2) is 41.9 Å². The molecule has 124 valence electrons. The van der Waals surface area contributed by atoms with Crippen LogP contribution in [0.25, 0.3) is 0 Å². The first-order chi connectivity index (χ1) is 10.9. The average Bonchev–Trinajstić information content (AvgIpc) is 2.96. The number of hydrogen-bond acceptors (Lipinski definition) is 4. The molecule has 1 atom stereocenters. The van der Waals surface area contributed by atoms with Crippen molar-refractivity contribution in [2.45, 2.75) is 10.9 Å². The zero-order chi connectivity index (χ0) is 16.6. The fourth-order valence-corrected chi connectivity index (χ4v) is 5.03. The third-order valence-electron chi connectivity index (χ3n) is 3.85. The molecule has 0 spiro atoms. The molecule has 3 rings (SSSR count). The molecular weight excluding hydrogens is 359 g/mol. The van der Waals surface area contributed by atoms with Crippen LogP contribution in [0.1, 0.15) is 11.9 Å². The van der Waals surface area contributed by atoms with E-state index in [-0.39, 0.29) is 14.9 Å². The first kappa shape index (κ1) is 16.7. The van der Waals surface area contributed by atoms with Gasteiger partial charge in [-0.2, -0.15) is 4.31 Å². The van der Waals surface area contributed by atoms with Crippen molar-refractivity contribution in [3.05, 3.63) is 46.5 Å². The van der Waals surface area contributed by atoms with E-state index >= 15 is 0 Å². The molecule has 0 aliphatic carbocycles. The van der Waals surface area contributed by atoms with Crippen molar-refractivity contribution in [3.8, 4) is 0 Å². The van der Waals surface area contributed by atoms with Crippen LogP contribution in [0.2, 0.25) is 10.0 Å². The first-order valence-electron chi connectivity index (χ1n) is 7.06. The van der Waals surface area contributed by atoms with Gasteiger partial charge in [-0.1, -0.05) is 29.3 Å². The predicted octanol–water partition coefficient (Wildman–Crippen LogP) is 2.06. The van der Waals surface area contributed by atoms with Crippen LogP contribution in [0.4, 0.5) is 0 Å². The summed E-state index contributed by atoms with van der Waals surface area (Å²) in [5, 5.41) is 3.48. The quantitative estimate of drug-likeness (QED) is 0.892. The van der Waals surface area contributed by atoms with Gasteiger partial charge in [0.15, 0.2) is 0 Å². The minimum absolute atomic E-state index is 0.0211. The van der Waals surface area contributed by atoms with E-state index in [9.17, 15) is 8.42 Å². The molecule has 0 bridgehead atoms. The zero-order valence-electron chi connectivity index (χ0n) is 12.4. The van der Waals surface area contributed by atoms with Gasteiger partial charge in [0.25, 0.3) is 0 Å². The standard InChI is InChI=1S/C14H16Cl2N4O2S/c1-19-7-6-18-14(19)11-9-17-5-8-20(11)23(21,22)12-4-2-3-10(15)13(12)16/h2-4,6-7,11,17H,5,8-9H2,1H3. The molecule has 23 heavy (non-hydrogen) atoms. The third kappa shape index (κ3) is 2.99. The summed E-state index contributed by atoms with van der Waals surface area (Å²) in [7, 11) is -1.94. The van der Waals surface area contributed by atoms with Crippen LogP contribution >= 0.6 is 23.2 Å². The average molecular weight is 375 g/mol. The Labute approximate surface area is 145 Å². The number of halogens is 2. The minimum Gasteiger partial charge on any atom is -0.337 e. The third-order valence-corrected chi connectivity index (χ3v) is 6.74. The Hall–Kier alpha value is -1.12. The summed E-state index contributed by atoms with van der Waals surface area (Å²) in [5.74, 6) is 0.680. The number of benzene rings is 1. The SMILES string of the molecule is Cn1ccnc1C1CNCCN1S(=O)(=O)c1cccc(Cl)c1Cl. The summed E-state index contributed by atoms with van der Waals surface area (Å²) in [6, 6.07) is 4.22. The number of sulfonamides is 1. The Bertz CT molecular complexity index is 822. The van der Waals surface area contributed by atoms with Crippen LogP contribution in [0.15, 0.2) is 35.5 Å². The Kier molecular flexibility index (Phi) is 4.66. The molecule has 1 saturated heterocycles. The zero-order valence-corrected chi connectivity index (χ0v) is 14.7. The second-order valence-corrected chi connectivity index (χ2v) is 7.93. The monoisotopic (exact) mass is 374 g/mol. The van der Waals surface area contributed by atoms with Gasteiger partial charge in [-0.25, -0.2) is 13.4 Å². The highest BCUT2D eigenvalue weighted by molar-refractivity contribution is 7.89. The summed E-state index contributed by atoms with van der Waals surface area (Å²) < 4.78 is 29.4. The van der Waals surface area contributed by atoms with Gasteiger partial charge in [-0.05, 0) is 12.1 Å². The van der Waals surface area contributed by atoms with Gasteiger partial charge in [0.1, 0.15) is 10.7 Å². The number of nitrogens with zero attached hydrogens (tertiary/aromatic N) is 3. The lowest BCUT2D eigenvalue weighted by atomic mass is 10.2. The van der Waals surface area contributed by atoms with Crippen molar-refractivity contribution < 1.29 is 8.42 Å². The lowest BCUT2D eigenvalue weighted by molar-refractivity contribution is 0.258. The number of imidazole rings is 1. The van der Waals surface area contributed by atoms with Gasteiger partial charge in [0, 0.05) is 39.1 Å². The van der Waals surface area contributed by atoms with Crippen molar-refractivity contribution in [1.82, 2.24) is 19.2 Å². The molecule has 1 aromatic heterocycles. The fourth-order valence-electron chi connectivity index (χ4n) is 2.70. The summed E-state index contributed by atoms with van der Waals surface area (Å²) in [6.07, 6.45) is 3.45. The maximum Gasteiger partial charge on any atom is 0.245 e. The minimum atomic E-state index is -3.78. The number of aromatic nitrogens is 2. The maximum atomic E-state index is 13.1. The molecule has 0 radical (unpaired) electrons. The molecule has 2 aromatic rings. The van der Waals surface area contributed by atoms with Gasteiger partial charge in [-0.3, -0.25) is 0 Å². The van der Waals surface area contributed by atoms with E-state index in [0.717, 1.165) is 0 Å². The van der Waals surface area contributed by atoms with E-state index in [2.05, 4.69) is 10.3 Å². The summed E-state index contributed by atoms with van der Waals surface area (Å²) in [4.78, 5) is 4.32. The second-order valence-electron chi connectivity index (χ2n) is 5.28. The van der Waals surface area contributed by atoms with Crippen molar-refractivity contribution in [2.24, 2.45) is 7.05 Å². The van der Waals surface area contributed by atoms with Gasteiger partial charge in [0.05, 0.1) is 16.1 Å². The second kappa shape index (κ2) is 6.41. The summed E-state index contributed by atoms with van der Waals surface area (Å²) >= 11 is 12.1. The Balaban J connectivity index is 2.06. The molecule has 1 aromatic carbocycles. The number of hydrogen-bond donors (Lipinski definition) is 1. The Morgan fingerprint density at radius 2 is 2.13 bits per heavy atom. The van der Waals surface area contributed by atoms with Crippen LogP contribution in [0.3, 0.4) is 0 Å². The topological polar surface area (TPSA) is 67.2 Å². The van der Waals surface area contributed by atoms with Crippen molar-refractivity contribution in [1.29, 1.82) is 0 Å². The van der Waals surface area contributed by atoms with Crippen molar-refractivity contribution >= 4 is 33.2 Å². The fraction of sp³-hybridized carbons (Fsp3) is 0.357. The largest absolute Gasteiger partial charge is 0.337 e. The highest BCUT2D eigenvalue weighted by atomic mass is 35.5. The summed E-state index contributed by atoms with van der Waals surface area (Å²) in [5.41, 5.74) is 0. The van der Waals surface area contributed by atoms with Crippen molar-refractivity contribution in [2.75, 3.05) is 19.6 Å². The Morgan fingerprint density at radius 1 is 1.35 bits per heavy atom. The normalized spacial score (nSPS) is 19.9. The number of aryl methyl sites for hydroxylation is 1.